The Morgan fingerprint density at radius 1 is 1.50 bits per heavy atom. The van der Waals surface area contributed by atoms with Crippen LogP contribution in [0.2, 0.25) is 0 Å². The van der Waals surface area contributed by atoms with Crippen LogP contribution in [0.25, 0.3) is 0 Å². The first-order valence-corrected chi connectivity index (χ1v) is 6.54. The van der Waals surface area contributed by atoms with E-state index in [4.69, 9.17) is 9.26 Å². The molecule has 0 spiro atoms. The Kier molecular flexibility index (Phi) is 6.93. The molecule has 0 aliphatic rings. The first-order chi connectivity index (χ1) is 8.65. The molecule has 5 heteroatoms. The van der Waals surface area contributed by atoms with Crippen LogP contribution in [-0.2, 0) is 17.8 Å². The van der Waals surface area contributed by atoms with E-state index in [-0.39, 0.29) is 0 Å². The van der Waals surface area contributed by atoms with Gasteiger partial charge in [-0.05, 0) is 6.54 Å². The molecule has 0 saturated heterocycles. The van der Waals surface area contributed by atoms with Crippen molar-refractivity contribution in [3.05, 3.63) is 17.5 Å². The smallest absolute Gasteiger partial charge is 0.151 e. The molecular weight excluding hydrogens is 230 g/mol. The lowest BCUT2D eigenvalue weighted by Gasteiger charge is -2.17. The standard InChI is InChI=1S/C13H25N3O2/c1-5-16(6-7-17-4)10-13-8-12(15-18-13)9-14-11(2)3/h8,11,14H,5-7,9-10H2,1-4H3. The molecule has 1 aromatic heterocycles. The monoisotopic (exact) mass is 255 g/mol. The zero-order chi connectivity index (χ0) is 13.4. The second-order valence-electron chi connectivity index (χ2n) is 4.68. The summed E-state index contributed by atoms with van der Waals surface area (Å²) in [6.45, 7) is 10.5. The van der Waals surface area contributed by atoms with Crippen molar-refractivity contribution in [3.8, 4) is 0 Å². The second-order valence-corrected chi connectivity index (χ2v) is 4.68. The molecule has 104 valence electrons. The van der Waals surface area contributed by atoms with Gasteiger partial charge in [0.2, 0.25) is 0 Å². The molecule has 1 aromatic rings. The third-order valence-electron chi connectivity index (χ3n) is 2.74. The fourth-order valence-electron chi connectivity index (χ4n) is 1.61. The molecule has 0 atom stereocenters. The number of rotatable bonds is 9. The van der Waals surface area contributed by atoms with Gasteiger partial charge in [-0.2, -0.15) is 0 Å². The van der Waals surface area contributed by atoms with E-state index in [1.807, 2.05) is 6.07 Å². The Morgan fingerprint density at radius 3 is 2.89 bits per heavy atom. The molecular formula is C13H25N3O2. The summed E-state index contributed by atoms with van der Waals surface area (Å²) in [5, 5.41) is 7.38. The van der Waals surface area contributed by atoms with Crippen molar-refractivity contribution < 1.29 is 9.26 Å². The molecule has 0 aliphatic carbocycles. The molecule has 0 unspecified atom stereocenters. The quantitative estimate of drug-likeness (QED) is 0.727. The van der Waals surface area contributed by atoms with Crippen LogP contribution in [0, 0.1) is 0 Å². The summed E-state index contributed by atoms with van der Waals surface area (Å²) >= 11 is 0. The minimum atomic E-state index is 0.457. The number of hydrogen-bond acceptors (Lipinski definition) is 5. The van der Waals surface area contributed by atoms with Gasteiger partial charge in [0.05, 0.1) is 18.8 Å². The summed E-state index contributed by atoms with van der Waals surface area (Å²) in [7, 11) is 1.72. The van der Waals surface area contributed by atoms with Crippen molar-refractivity contribution >= 4 is 0 Å². The van der Waals surface area contributed by atoms with Crippen LogP contribution in [0.15, 0.2) is 10.6 Å². The zero-order valence-corrected chi connectivity index (χ0v) is 11.9. The normalized spacial score (nSPS) is 11.7. The van der Waals surface area contributed by atoms with Crippen molar-refractivity contribution in [2.45, 2.75) is 39.9 Å². The number of aromatic nitrogens is 1. The van der Waals surface area contributed by atoms with Gasteiger partial charge in [0.25, 0.3) is 0 Å². The van der Waals surface area contributed by atoms with Gasteiger partial charge in [0.15, 0.2) is 5.76 Å². The summed E-state index contributed by atoms with van der Waals surface area (Å²) in [4.78, 5) is 2.27. The van der Waals surface area contributed by atoms with Crippen LogP contribution >= 0.6 is 0 Å². The van der Waals surface area contributed by atoms with Gasteiger partial charge in [-0.25, -0.2) is 0 Å². The molecule has 5 nitrogen and oxygen atoms in total. The average molecular weight is 255 g/mol. The number of hydrogen-bond donors (Lipinski definition) is 1. The van der Waals surface area contributed by atoms with Gasteiger partial charge in [-0.15, -0.1) is 0 Å². The summed E-state index contributed by atoms with van der Waals surface area (Å²) in [5.41, 5.74) is 0.960. The zero-order valence-electron chi connectivity index (χ0n) is 11.9. The summed E-state index contributed by atoms with van der Waals surface area (Å²) in [6.07, 6.45) is 0. The lowest BCUT2D eigenvalue weighted by Crippen LogP contribution is -2.26. The maximum atomic E-state index is 5.34. The minimum absolute atomic E-state index is 0.457. The summed E-state index contributed by atoms with van der Waals surface area (Å²) < 4.78 is 10.4. The molecule has 1 rings (SSSR count). The van der Waals surface area contributed by atoms with E-state index in [9.17, 15) is 0 Å². The predicted molar refractivity (Wildman–Crippen MR) is 71.3 cm³/mol. The highest BCUT2D eigenvalue weighted by atomic mass is 16.5. The molecule has 0 aromatic carbocycles. The number of nitrogens with zero attached hydrogens (tertiary/aromatic N) is 2. The molecule has 0 aliphatic heterocycles. The molecule has 18 heavy (non-hydrogen) atoms. The molecule has 0 saturated carbocycles. The van der Waals surface area contributed by atoms with Gasteiger partial charge in [0, 0.05) is 32.3 Å². The van der Waals surface area contributed by atoms with Gasteiger partial charge in [0.1, 0.15) is 0 Å². The molecule has 0 bridgehead atoms. The Hall–Kier alpha value is -0.910. The van der Waals surface area contributed by atoms with Crippen molar-refractivity contribution in [1.29, 1.82) is 0 Å². The fraction of sp³-hybridized carbons (Fsp3) is 0.769. The highest BCUT2D eigenvalue weighted by Gasteiger charge is 2.09. The first-order valence-electron chi connectivity index (χ1n) is 6.54. The predicted octanol–water partition coefficient (Wildman–Crippen LogP) is 1.64. The second kappa shape index (κ2) is 8.24. The van der Waals surface area contributed by atoms with Gasteiger partial charge in [-0.3, -0.25) is 4.90 Å². The highest BCUT2D eigenvalue weighted by Crippen LogP contribution is 2.07. The number of likely N-dealkylation sites (N-methyl/N-ethyl adjacent to an activating group) is 1. The Balaban J connectivity index is 2.41. The first kappa shape index (κ1) is 15.1. The van der Waals surface area contributed by atoms with E-state index in [2.05, 4.69) is 36.1 Å². The summed E-state index contributed by atoms with van der Waals surface area (Å²) in [6, 6.07) is 2.48. The van der Waals surface area contributed by atoms with Crippen LogP contribution < -0.4 is 5.32 Å². The molecule has 1 heterocycles. The number of methoxy groups -OCH3 is 1. The number of nitrogens with one attached hydrogen (secondary N) is 1. The Bertz CT molecular complexity index is 326. The van der Waals surface area contributed by atoms with Crippen LogP contribution in [0.3, 0.4) is 0 Å². The molecule has 0 fully saturated rings. The highest BCUT2D eigenvalue weighted by molar-refractivity contribution is 5.05. The topological polar surface area (TPSA) is 50.5 Å². The maximum Gasteiger partial charge on any atom is 0.151 e. The van der Waals surface area contributed by atoms with Gasteiger partial charge < -0.3 is 14.6 Å². The van der Waals surface area contributed by atoms with E-state index in [0.29, 0.717) is 6.04 Å². The third kappa shape index (κ3) is 5.62. The van der Waals surface area contributed by atoms with Crippen molar-refractivity contribution in [2.75, 3.05) is 26.8 Å². The van der Waals surface area contributed by atoms with Gasteiger partial charge >= 0.3 is 0 Å². The SMILES string of the molecule is CCN(CCOC)Cc1cc(CNC(C)C)no1. The van der Waals surface area contributed by atoms with E-state index in [0.717, 1.165) is 44.2 Å². The molecule has 1 N–H and O–H groups in total. The average Bonchev–Trinajstić information content (AvgIpc) is 2.79. The number of ether oxygens (including phenoxy) is 1. The van der Waals surface area contributed by atoms with E-state index < -0.39 is 0 Å². The van der Waals surface area contributed by atoms with Crippen molar-refractivity contribution in [3.63, 3.8) is 0 Å². The third-order valence-corrected chi connectivity index (χ3v) is 2.74. The van der Waals surface area contributed by atoms with E-state index in [1.54, 1.807) is 7.11 Å². The van der Waals surface area contributed by atoms with Crippen LogP contribution in [0.5, 0.6) is 0 Å². The lowest BCUT2D eigenvalue weighted by molar-refractivity contribution is 0.141. The van der Waals surface area contributed by atoms with E-state index in [1.165, 1.54) is 0 Å². The fourth-order valence-corrected chi connectivity index (χ4v) is 1.61. The Morgan fingerprint density at radius 2 is 2.28 bits per heavy atom. The minimum Gasteiger partial charge on any atom is -0.383 e. The van der Waals surface area contributed by atoms with Gasteiger partial charge in [-0.1, -0.05) is 25.9 Å². The lowest BCUT2D eigenvalue weighted by atomic mass is 10.3. The Labute approximate surface area is 109 Å². The maximum absolute atomic E-state index is 5.34. The molecule has 0 amide bonds. The van der Waals surface area contributed by atoms with Crippen molar-refractivity contribution in [1.82, 2.24) is 15.4 Å². The van der Waals surface area contributed by atoms with Crippen LogP contribution in [0.1, 0.15) is 32.2 Å². The molecule has 0 radical (unpaired) electrons. The van der Waals surface area contributed by atoms with Crippen molar-refractivity contribution in [2.24, 2.45) is 0 Å². The summed E-state index contributed by atoms with van der Waals surface area (Å²) in [5.74, 6) is 0.911. The van der Waals surface area contributed by atoms with Crippen LogP contribution in [-0.4, -0.2) is 42.9 Å². The van der Waals surface area contributed by atoms with E-state index >= 15 is 0 Å². The van der Waals surface area contributed by atoms with Crippen LogP contribution in [0.4, 0.5) is 0 Å². The largest absolute Gasteiger partial charge is 0.383 e.